The molecule has 5 heteroatoms. The Hall–Kier alpha value is -2.20. The first kappa shape index (κ1) is 18.2. The second-order valence-corrected chi connectivity index (χ2v) is 7.92. The molecule has 1 amide bonds. The molecule has 27 heavy (non-hydrogen) atoms. The van der Waals surface area contributed by atoms with E-state index in [1.54, 1.807) is 0 Å². The lowest BCUT2D eigenvalue weighted by atomic mass is 9.92. The maximum atomic E-state index is 12.8. The summed E-state index contributed by atoms with van der Waals surface area (Å²) in [6.07, 6.45) is 5.07. The molecule has 1 heterocycles. The van der Waals surface area contributed by atoms with Crippen molar-refractivity contribution in [2.45, 2.75) is 50.2 Å². The van der Waals surface area contributed by atoms with E-state index in [9.17, 15) is 4.79 Å². The number of carbonyl (C=O) groups is 1. The fraction of sp³-hybridized carbons (Fsp3) is 0.409. The molecule has 1 fully saturated rings. The second kappa shape index (κ2) is 8.22. The largest absolute Gasteiger partial charge is 0.347 e. The van der Waals surface area contributed by atoms with E-state index >= 15 is 0 Å². The van der Waals surface area contributed by atoms with Gasteiger partial charge < -0.3 is 5.32 Å². The fourth-order valence-corrected chi connectivity index (χ4v) is 4.23. The monoisotopic (exact) mass is 381 g/mol. The zero-order valence-corrected chi connectivity index (χ0v) is 16.0. The average molecular weight is 382 g/mol. The van der Waals surface area contributed by atoms with Gasteiger partial charge in [-0.05, 0) is 36.1 Å². The minimum atomic E-state index is -0.139. The molecule has 2 aromatic carbocycles. The second-order valence-electron chi connectivity index (χ2n) is 7.48. The van der Waals surface area contributed by atoms with Crippen LogP contribution in [0.15, 0.2) is 64.8 Å². The number of nitrogens with one attached hydrogen (secondary N) is 1. The summed E-state index contributed by atoms with van der Waals surface area (Å²) in [5.74, 6) is 0.299. The molecule has 0 bridgehead atoms. The van der Waals surface area contributed by atoms with E-state index in [4.69, 9.17) is 11.6 Å². The maximum Gasteiger partial charge on any atom is 0.223 e. The highest BCUT2D eigenvalue weighted by Crippen LogP contribution is 2.37. The fourth-order valence-electron chi connectivity index (χ4n) is 4.10. The first-order valence-electron chi connectivity index (χ1n) is 9.71. The number of halogens is 1. The van der Waals surface area contributed by atoms with Gasteiger partial charge in [-0.1, -0.05) is 66.9 Å². The van der Waals surface area contributed by atoms with E-state index in [-0.39, 0.29) is 30.0 Å². The van der Waals surface area contributed by atoms with Crippen molar-refractivity contribution in [3.8, 4) is 0 Å². The normalized spacial score (nSPS) is 23.4. The van der Waals surface area contributed by atoms with Gasteiger partial charge in [0.2, 0.25) is 5.91 Å². The van der Waals surface area contributed by atoms with Crippen LogP contribution in [0.5, 0.6) is 0 Å². The van der Waals surface area contributed by atoms with Crippen molar-refractivity contribution in [2.75, 3.05) is 0 Å². The molecule has 3 atom stereocenters. The van der Waals surface area contributed by atoms with Crippen LogP contribution in [0.25, 0.3) is 0 Å². The van der Waals surface area contributed by atoms with Crippen molar-refractivity contribution in [1.82, 2.24) is 5.32 Å². The number of azo groups is 1. The Balaban J connectivity index is 1.51. The number of rotatable bonds is 5. The van der Waals surface area contributed by atoms with Crippen LogP contribution >= 0.6 is 11.6 Å². The number of amides is 1. The van der Waals surface area contributed by atoms with Gasteiger partial charge in [-0.2, -0.15) is 10.2 Å². The molecular weight excluding hydrogens is 358 g/mol. The van der Waals surface area contributed by atoms with Crippen molar-refractivity contribution in [1.29, 1.82) is 0 Å². The van der Waals surface area contributed by atoms with Crippen LogP contribution in [-0.2, 0) is 4.79 Å². The SMILES string of the molecule is O=C(NC(c1ccccc1)C1CC(c2ccc(Cl)cc2)N=N1)C1CCCC1. The van der Waals surface area contributed by atoms with Gasteiger partial charge in [0.1, 0.15) is 0 Å². The van der Waals surface area contributed by atoms with Gasteiger partial charge in [0, 0.05) is 17.4 Å². The van der Waals surface area contributed by atoms with Crippen LogP contribution in [0.1, 0.15) is 55.3 Å². The molecule has 4 rings (SSSR count). The molecule has 140 valence electrons. The molecule has 1 aliphatic carbocycles. The summed E-state index contributed by atoms with van der Waals surface area (Å²) in [4.78, 5) is 12.8. The molecule has 1 aliphatic heterocycles. The van der Waals surface area contributed by atoms with Crippen LogP contribution in [0.2, 0.25) is 5.02 Å². The average Bonchev–Trinajstić information content (AvgIpc) is 3.39. The number of carbonyl (C=O) groups excluding carboxylic acids is 1. The van der Waals surface area contributed by atoms with E-state index in [2.05, 4.69) is 27.7 Å². The van der Waals surface area contributed by atoms with Crippen LogP contribution in [-0.4, -0.2) is 11.9 Å². The van der Waals surface area contributed by atoms with E-state index in [0.717, 1.165) is 48.3 Å². The molecule has 1 saturated carbocycles. The summed E-state index contributed by atoms with van der Waals surface area (Å²) >= 11 is 6.00. The maximum absolute atomic E-state index is 12.8. The molecule has 2 aliphatic rings. The van der Waals surface area contributed by atoms with Crippen molar-refractivity contribution >= 4 is 17.5 Å². The molecule has 4 nitrogen and oxygen atoms in total. The Morgan fingerprint density at radius 1 is 1.00 bits per heavy atom. The third kappa shape index (κ3) is 4.22. The molecular formula is C22H24ClN3O. The van der Waals surface area contributed by atoms with Crippen LogP contribution < -0.4 is 5.32 Å². The van der Waals surface area contributed by atoms with Gasteiger partial charge in [0.15, 0.2) is 0 Å². The first-order chi connectivity index (χ1) is 13.2. The predicted octanol–water partition coefficient (Wildman–Crippen LogP) is 5.65. The molecule has 0 radical (unpaired) electrons. The summed E-state index contributed by atoms with van der Waals surface area (Å²) in [6, 6.07) is 17.7. The Kier molecular flexibility index (Phi) is 5.53. The summed E-state index contributed by atoms with van der Waals surface area (Å²) < 4.78 is 0. The van der Waals surface area contributed by atoms with Gasteiger partial charge in [0.05, 0.1) is 18.1 Å². The Morgan fingerprint density at radius 3 is 2.41 bits per heavy atom. The lowest BCUT2D eigenvalue weighted by Crippen LogP contribution is -2.38. The lowest BCUT2D eigenvalue weighted by Gasteiger charge is -2.25. The van der Waals surface area contributed by atoms with Crippen molar-refractivity contribution in [3.05, 3.63) is 70.7 Å². The van der Waals surface area contributed by atoms with Crippen LogP contribution in [0.4, 0.5) is 0 Å². The van der Waals surface area contributed by atoms with Gasteiger partial charge in [-0.25, -0.2) is 0 Å². The van der Waals surface area contributed by atoms with Gasteiger partial charge in [0.25, 0.3) is 0 Å². The summed E-state index contributed by atoms with van der Waals surface area (Å²) in [5.41, 5.74) is 2.20. The van der Waals surface area contributed by atoms with Gasteiger partial charge in [-0.15, -0.1) is 0 Å². The van der Waals surface area contributed by atoms with E-state index in [1.165, 1.54) is 0 Å². The highest BCUT2D eigenvalue weighted by atomic mass is 35.5. The van der Waals surface area contributed by atoms with Crippen molar-refractivity contribution in [3.63, 3.8) is 0 Å². The molecule has 0 saturated heterocycles. The van der Waals surface area contributed by atoms with E-state index < -0.39 is 0 Å². The zero-order valence-electron chi connectivity index (χ0n) is 15.2. The number of nitrogens with zero attached hydrogens (tertiary/aromatic N) is 2. The Labute approximate surface area is 165 Å². The number of hydrogen-bond donors (Lipinski definition) is 1. The minimum Gasteiger partial charge on any atom is -0.347 e. The molecule has 3 unspecified atom stereocenters. The van der Waals surface area contributed by atoms with Crippen LogP contribution in [0.3, 0.4) is 0 Å². The van der Waals surface area contributed by atoms with Crippen molar-refractivity contribution < 1.29 is 4.79 Å². The predicted molar refractivity (Wildman–Crippen MR) is 107 cm³/mol. The van der Waals surface area contributed by atoms with Crippen LogP contribution in [0, 0.1) is 5.92 Å². The van der Waals surface area contributed by atoms with Gasteiger partial charge >= 0.3 is 0 Å². The number of hydrogen-bond acceptors (Lipinski definition) is 3. The number of benzene rings is 2. The standard InChI is InChI=1S/C22H24ClN3O/c23-18-12-10-15(11-13-18)19-14-20(26-25-19)21(16-6-2-1-3-7-16)24-22(27)17-8-4-5-9-17/h1-3,6-7,10-13,17,19-21H,4-5,8-9,14H2,(H,24,27). The summed E-state index contributed by atoms with van der Waals surface area (Å²) in [7, 11) is 0. The topological polar surface area (TPSA) is 53.8 Å². The highest BCUT2D eigenvalue weighted by Gasteiger charge is 2.34. The van der Waals surface area contributed by atoms with E-state index in [1.807, 2.05) is 42.5 Å². The third-order valence-corrected chi connectivity index (χ3v) is 5.89. The van der Waals surface area contributed by atoms with Gasteiger partial charge in [-0.3, -0.25) is 4.79 Å². The molecule has 0 aromatic heterocycles. The summed E-state index contributed by atoms with van der Waals surface area (Å²) in [5, 5.41) is 13.1. The molecule has 0 spiro atoms. The Morgan fingerprint density at radius 2 is 1.70 bits per heavy atom. The lowest BCUT2D eigenvalue weighted by molar-refractivity contribution is -0.125. The smallest absolute Gasteiger partial charge is 0.223 e. The minimum absolute atomic E-state index is 0.0156. The third-order valence-electron chi connectivity index (χ3n) is 5.64. The quantitative estimate of drug-likeness (QED) is 0.714. The highest BCUT2D eigenvalue weighted by molar-refractivity contribution is 6.30. The zero-order chi connectivity index (χ0) is 18.6. The Bertz CT molecular complexity index is 800. The molecule has 1 N–H and O–H groups in total. The molecule has 2 aromatic rings. The first-order valence-corrected chi connectivity index (χ1v) is 10.1. The van der Waals surface area contributed by atoms with E-state index in [0.29, 0.717) is 0 Å². The van der Waals surface area contributed by atoms with Crippen molar-refractivity contribution in [2.24, 2.45) is 16.1 Å². The summed E-state index contributed by atoms with van der Waals surface area (Å²) in [6.45, 7) is 0.